The number of sulfonamides is 1. The minimum atomic E-state index is -3.44. The molecule has 0 spiro atoms. The second-order valence-corrected chi connectivity index (χ2v) is 6.51. The molecule has 98 valence electrons. The summed E-state index contributed by atoms with van der Waals surface area (Å²) in [7, 11) is -2.09. The van der Waals surface area contributed by atoms with Gasteiger partial charge in [0.05, 0.1) is 10.3 Å². The number of nitrogens with zero attached hydrogens (tertiary/aromatic N) is 1. The van der Waals surface area contributed by atoms with E-state index in [1.54, 1.807) is 17.0 Å². The van der Waals surface area contributed by atoms with E-state index in [1.807, 2.05) is 0 Å². The van der Waals surface area contributed by atoms with Gasteiger partial charge in [0.25, 0.3) is 0 Å². The highest BCUT2D eigenvalue weighted by molar-refractivity contribution is 7.89. The van der Waals surface area contributed by atoms with Crippen LogP contribution < -0.4 is 9.62 Å². The summed E-state index contributed by atoms with van der Waals surface area (Å²) in [6.45, 7) is 0.457. The highest BCUT2D eigenvalue weighted by atomic mass is 35.5. The van der Waals surface area contributed by atoms with Gasteiger partial charge in [0.1, 0.15) is 0 Å². The molecule has 1 amide bonds. The second kappa shape index (κ2) is 4.87. The van der Waals surface area contributed by atoms with Gasteiger partial charge in [-0.2, -0.15) is 0 Å². The molecule has 1 aromatic rings. The number of nitrogens with one attached hydrogen (secondary N) is 1. The van der Waals surface area contributed by atoms with Crippen LogP contribution in [0.2, 0.25) is 0 Å². The van der Waals surface area contributed by atoms with Crippen LogP contribution in [0.15, 0.2) is 29.2 Å². The quantitative estimate of drug-likeness (QED) is 0.842. The molecule has 1 heterocycles. The van der Waals surface area contributed by atoms with Crippen LogP contribution in [0.4, 0.5) is 5.69 Å². The highest BCUT2D eigenvalue weighted by Gasteiger charge is 2.29. The van der Waals surface area contributed by atoms with Gasteiger partial charge in [-0.15, -0.1) is 11.6 Å². The maximum atomic E-state index is 11.6. The first kappa shape index (κ1) is 13.3. The predicted octanol–water partition coefficient (Wildman–Crippen LogP) is 0.939. The van der Waals surface area contributed by atoms with E-state index in [0.717, 1.165) is 0 Å². The van der Waals surface area contributed by atoms with Crippen LogP contribution >= 0.6 is 11.6 Å². The Labute approximate surface area is 111 Å². The molecule has 5 nitrogen and oxygen atoms in total. The Bertz CT molecular complexity index is 556. The second-order valence-electron chi connectivity index (χ2n) is 4.01. The van der Waals surface area contributed by atoms with E-state index < -0.39 is 10.0 Å². The standard InChI is InChI=1S/C11H13ClN2O3S/c1-13-18(16,17)10-4-2-9(3-5-10)14-7-8(12)6-11(14)15/h2-5,8,13H,6-7H2,1H3. The fourth-order valence-electron chi connectivity index (χ4n) is 1.84. The van der Waals surface area contributed by atoms with Crippen LogP contribution in [0.3, 0.4) is 0 Å². The fraction of sp³-hybridized carbons (Fsp3) is 0.364. The summed E-state index contributed by atoms with van der Waals surface area (Å²) < 4.78 is 25.3. The number of carbonyl (C=O) groups excluding carboxylic acids is 1. The number of hydrogen-bond donors (Lipinski definition) is 1. The monoisotopic (exact) mass is 288 g/mol. The molecule has 1 atom stereocenters. The Morgan fingerprint density at radius 1 is 1.33 bits per heavy atom. The van der Waals surface area contributed by atoms with Crippen molar-refractivity contribution < 1.29 is 13.2 Å². The number of alkyl halides is 1. The number of carbonyl (C=O) groups is 1. The molecule has 1 aliphatic rings. The van der Waals surface area contributed by atoms with Crippen molar-refractivity contribution in [1.82, 2.24) is 4.72 Å². The van der Waals surface area contributed by atoms with Crippen molar-refractivity contribution in [3.05, 3.63) is 24.3 Å². The predicted molar refractivity (Wildman–Crippen MR) is 69.3 cm³/mol. The number of hydrogen-bond acceptors (Lipinski definition) is 3. The molecule has 1 saturated heterocycles. The summed E-state index contributed by atoms with van der Waals surface area (Å²) in [6.07, 6.45) is 0.318. The molecular formula is C11H13ClN2O3S. The van der Waals surface area contributed by atoms with Crippen molar-refractivity contribution in [2.75, 3.05) is 18.5 Å². The minimum Gasteiger partial charge on any atom is -0.311 e. The average Bonchev–Trinajstić information content (AvgIpc) is 2.69. The van der Waals surface area contributed by atoms with Gasteiger partial charge < -0.3 is 4.90 Å². The van der Waals surface area contributed by atoms with Crippen molar-refractivity contribution in [2.45, 2.75) is 16.7 Å². The normalized spacial score (nSPS) is 20.4. The lowest BCUT2D eigenvalue weighted by Gasteiger charge is -2.16. The number of halogens is 1. The van der Waals surface area contributed by atoms with E-state index in [2.05, 4.69) is 4.72 Å². The molecule has 1 fully saturated rings. The van der Waals surface area contributed by atoms with Crippen molar-refractivity contribution in [1.29, 1.82) is 0 Å². The largest absolute Gasteiger partial charge is 0.311 e. The van der Waals surface area contributed by atoms with Crippen LogP contribution in [0.25, 0.3) is 0 Å². The van der Waals surface area contributed by atoms with Gasteiger partial charge in [-0.05, 0) is 31.3 Å². The lowest BCUT2D eigenvalue weighted by atomic mass is 10.3. The molecule has 1 N–H and O–H groups in total. The first-order valence-electron chi connectivity index (χ1n) is 5.42. The van der Waals surface area contributed by atoms with Crippen LogP contribution in [0.1, 0.15) is 6.42 Å². The maximum absolute atomic E-state index is 11.6. The fourth-order valence-corrected chi connectivity index (χ4v) is 2.84. The average molecular weight is 289 g/mol. The molecule has 0 aromatic heterocycles. The molecule has 1 aliphatic heterocycles. The molecule has 18 heavy (non-hydrogen) atoms. The van der Waals surface area contributed by atoms with E-state index in [1.165, 1.54) is 19.2 Å². The minimum absolute atomic E-state index is 0.0424. The Morgan fingerprint density at radius 3 is 2.39 bits per heavy atom. The Morgan fingerprint density at radius 2 is 1.94 bits per heavy atom. The summed E-state index contributed by atoms with van der Waals surface area (Å²) in [5, 5.41) is -0.182. The summed E-state index contributed by atoms with van der Waals surface area (Å²) in [6, 6.07) is 6.15. The summed E-state index contributed by atoms with van der Waals surface area (Å²) >= 11 is 5.91. The van der Waals surface area contributed by atoms with Gasteiger partial charge in [-0.25, -0.2) is 13.1 Å². The van der Waals surface area contributed by atoms with Crippen LogP contribution in [0, 0.1) is 0 Å². The van der Waals surface area contributed by atoms with Crippen molar-refractivity contribution in [3.63, 3.8) is 0 Å². The van der Waals surface area contributed by atoms with Crippen LogP contribution in [-0.2, 0) is 14.8 Å². The topological polar surface area (TPSA) is 66.5 Å². The molecule has 0 saturated carbocycles. The van der Waals surface area contributed by atoms with Crippen molar-refractivity contribution in [3.8, 4) is 0 Å². The van der Waals surface area contributed by atoms with Crippen molar-refractivity contribution >= 4 is 33.2 Å². The molecule has 2 rings (SSSR count). The van der Waals surface area contributed by atoms with Gasteiger partial charge in [-0.3, -0.25) is 4.79 Å². The number of amides is 1. The lowest BCUT2D eigenvalue weighted by molar-refractivity contribution is -0.117. The first-order valence-corrected chi connectivity index (χ1v) is 7.34. The number of anilines is 1. The third kappa shape index (κ3) is 2.50. The molecule has 7 heteroatoms. The third-order valence-electron chi connectivity index (χ3n) is 2.81. The molecular weight excluding hydrogens is 276 g/mol. The van der Waals surface area contributed by atoms with Gasteiger partial charge in [0, 0.05) is 18.7 Å². The summed E-state index contributed by atoms with van der Waals surface area (Å²) in [5.41, 5.74) is 0.665. The molecule has 0 bridgehead atoms. The van der Waals surface area contributed by atoms with E-state index in [-0.39, 0.29) is 16.2 Å². The number of benzene rings is 1. The van der Waals surface area contributed by atoms with Gasteiger partial charge >= 0.3 is 0 Å². The van der Waals surface area contributed by atoms with Gasteiger partial charge in [0.15, 0.2) is 0 Å². The van der Waals surface area contributed by atoms with E-state index in [0.29, 0.717) is 18.7 Å². The smallest absolute Gasteiger partial charge is 0.240 e. The first-order chi connectivity index (χ1) is 8.44. The SMILES string of the molecule is CNS(=O)(=O)c1ccc(N2CC(Cl)CC2=O)cc1. The maximum Gasteiger partial charge on any atom is 0.240 e. The van der Waals surface area contributed by atoms with Gasteiger partial charge in [-0.1, -0.05) is 0 Å². The zero-order valence-electron chi connectivity index (χ0n) is 9.76. The zero-order chi connectivity index (χ0) is 13.3. The van der Waals surface area contributed by atoms with Crippen LogP contribution in [0.5, 0.6) is 0 Å². The lowest BCUT2D eigenvalue weighted by Crippen LogP contribution is -2.24. The van der Waals surface area contributed by atoms with Crippen molar-refractivity contribution in [2.24, 2.45) is 0 Å². The molecule has 0 radical (unpaired) electrons. The highest BCUT2D eigenvalue weighted by Crippen LogP contribution is 2.25. The zero-order valence-corrected chi connectivity index (χ0v) is 11.3. The summed E-state index contributed by atoms with van der Waals surface area (Å²) in [4.78, 5) is 13.4. The van der Waals surface area contributed by atoms with Crippen LogP contribution in [-0.4, -0.2) is 33.3 Å². The third-order valence-corrected chi connectivity index (χ3v) is 4.53. The summed E-state index contributed by atoms with van der Waals surface area (Å²) in [5.74, 6) is -0.0424. The molecule has 0 aliphatic carbocycles. The molecule has 1 aromatic carbocycles. The van der Waals surface area contributed by atoms with E-state index in [4.69, 9.17) is 11.6 Å². The van der Waals surface area contributed by atoms with E-state index >= 15 is 0 Å². The Hall–Kier alpha value is -1.11. The van der Waals surface area contributed by atoms with E-state index in [9.17, 15) is 13.2 Å². The Balaban J connectivity index is 2.26. The van der Waals surface area contributed by atoms with Gasteiger partial charge in [0.2, 0.25) is 15.9 Å². The molecule has 1 unspecified atom stereocenters. The number of rotatable bonds is 3. The Kier molecular flexibility index (Phi) is 3.61.